The predicted molar refractivity (Wildman–Crippen MR) is 123 cm³/mol. The number of carbonyl (C=O) groups excluding carboxylic acids is 2. The lowest BCUT2D eigenvalue weighted by Gasteiger charge is -2.10. The molecule has 0 spiro atoms. The summed E-state index contributed by atoms with van der Waals surface area (Å²) >= 11 is 6.22. The molecular formula is C24H20ClN5O2. The summed E-state index contributed by atoms with van der Waals surface area (Å²) in [5.41, 5.74) is 3.27. The molecule has 0 bridgehead atoms. The number of nitrogens with zero attached hydrogens (tertiary/aromatic N) is 3. The lowest BCUT2D eigenvalue weighted by Crippen LogP contribution is -2.25. The molecule has 1 aromatic heterocycles. The van der Waals surface area contributed by atoms with Crippen LogP contribution in [0.25, 0.3) is 5.69 Å². The first kappa shape index (κ1) is 21.3. The second-order valence-electron chi connectivity index (χ2n) is 7.06. The summed E-state index contributed by atoms with van der Waals surface area (Å²) in [4.78, 5) is 25.1. The van der Waals surface area contributed by atoms with Crippen LogP contribution in [-0.2, 0) is 6.42 Å². The molecule has 0 atom stereocenters. The van der Waals surface area contributed by atoms with Gasteiger partial charge in [-0.1, -0.05) is 41.9 Å². The van der Waals surface area contributed by atoms with Crippen LogP contribution >= 0.6 is 11.6 Å². The molecule has 0 aliphatic rings. The van der Waals surface area contributed by atoms with Crippen molar-refractivity contribution in [3.8, 4) is 5.69 Å². The van der Waals surface area contributed by atoms with Gasteiger partial charge in [0.05, 0.1) is 10.6 Å². The summed E-state index contributed by atoms with van der Waals surface area (Å²) < 4.78 is 1.68. The van der Waals surface area contributed by atoms with E-state index in [9.17, 15) is 9.59 Å². The molecule has 0 aliphatic heterocycles. The molecule has 2 N–H and O–H groups in total. The van der Waals surface area contributed by atoms with Gasteiger partial charge in [0.15, 0.2) is 0 Å². The van der Waals surface area contributed by atoms with Crippen molar-refractivity contribution in [1.82, 2.24) is 20.1 Å². The number of nitrogens with one attached hydrogen (secondary N) is 2. The maximum Gasteiger partial charge on any atom is 0.257 e. The van der Waals surface area contributed by atoms with E-state index in [1.54, 1.807) is 47.0 Å². The van der Waals surface area contributed by atoms with Crippen molar-refractivity contribution in [2.24, 2.45) is 0 Å². The fourth-order valence-electron chi connectivity index (χ4n) is 3.15. The maximum absolute atomic E-state index is 12.7. The van der Waals surface area contributed by atoms with Crippen LogP contribution in [0.15, 0.2) is 85.5 Å². The summed E-state index contributed by atoms with van der Waals surface area (Å²) in [6.07, 6.45) is 3.83. The smallest absolute Gasteiger partial charge is 0.257 e. The fourth-order valence-corrected chi connectivity index (χ4v) is 3.36. The number of amides is 2. The quantitative estimate of drug-likeness (QED) is 0.447. The number of halogens is 1. The van der Waals surface area contributed by atoms with E-state index >= 15 is 0 Å². The SMILES string of the molecule is O=C(NCCc1ccccc1)c1ccc(NC(=O)c2cc(-n3cnnc3)ccc2Cl)cc1. The van der Waals surface area contributed by atoms with E-state index in [1.165, 1.54) is 12.7 Å². The van der Waals surface area contributed by atoms with Crippen molar-refractivity contribution in [3.63, 3.8) is 0 Å². The van der Waals surface area contributed by atoms with Crippen molar-refractivity contribution in [1.29, 1.82) is 0 Å². The van der Waals surface area contributed by atoms with E-state index in [4.69, 9.17) is 11.6 Å². The number of carbonyl (C=O) groups is 2. The van der Waals surface area contributed by atoms with E-state index < -0.39 is 0 Å². The number of rotatable bonds is 7. The predicted octanol–water partition coefficient (Wildman–Crippen LogP) is 4.15. The Hall–Kier alpha value is -3.97. The Morgan fingerprint density at radius 2 is 1.59 bits per heavy atom. The maximum atomic E-state index is 12.7. The van der Waals surface area contributed by atoms with Crippen molar-refractivity contribution in [2.45, 2.75) is 6.42 Å². The molecule has 0 radical (unpaired) electrons. The lowest BCUT2D eigenvalue weighted by atomic mass is 10.1. The molecule has 4 aromatic rings. The molecule has 8 heteroatoms. The van der Waals surface area contributed by atoms with Crippen LogP contribution in [0.4, 0.5) is 5.69 Å². The number of hydrogen-bond donors (Lipinski definition) is 2. The summed E-state index contributed by atoms with van der Waals surface area (Å²) in [5, 5.41) is 13.6. The first-order chi connectivity index (χ1) is 15.6. The Balaban J connectivity index is 1.36. The summed E-state index contributed by atoms with van der Waals surface area (Å²) in [5.74, 6) is -0.520. The number of hydrogen-bond acceptors (Lipinski definition) is 4. The van der Waals surface area contributed by atoms with E-state index in [1.807, 2.05) is 30.3 Å². The second kappa shape index (κ2) is 9.89. The summed E-state index contributed by atoms with van der Waals surface area (Å²) in [7, 11) is 0. The number of aromatic nitrogens is 3. The molecule has 4 rings (SSSR count). The molecule has 0 saturated carbocycles. The Labute approximate surface area is 190 Å². The van der Waals surface area contributed by atoms with Crippen molar-refractivity contribution in [2.75, 3.05) is 11.9 Å². The second-order valence-corrected chi connectivity index (χ2v) is 7.46. The molecule has 0 unspecified atom stereocenters. The molecule has 0 fully saturated rings. The van der Waals surface area contributed by atoms with Gasteiger partial charge in [-0.15, -0.1) is 10.2 Å². The van der Waals surface area contributed by atoms with Crippen LogP contribution in [0, 0.1) is 0 Å². The number of anilines is 1. The van der Waals surface area contributed by atoms with Gasteiger partial charge in [0, 0.05) is 23.5 Å². The van der Waals surface area contributed by atoms with Gasteiger partial charge in [0.2, 0.25) is 0 Å². The van der Waals surface area contributed by atoms with Gasteiger partial charge < -0.3 is 10.6 Å². The van der Waals surface area contributed by atoms with Gasteiger partial charge in [-0.3, -0.25) is 14.2 Å². The third-order valence-corrected chi connectivity index (χ3v) is 5.19. The average molecular weight is 446 g/mol. The Bertz CT molecular complexity index is 1210. The normalized spacial score (nSPS) is 10.5. The van der Waals surface area contributed by atoms with E-state index in [0.717, 1.165) is 12.0 Å². The van der Waals surface area contributed by atoms with E-state index in [-0.39, 0.29) is 11.8 Å². The fraction of sp³-hybridized carbons (Fsp3) is 0.0833. The molecular weight excluding hydrogens is 426 g/mol. The summed E-state index contributed by atoms with van der Waals surface area (Å²) in [6, 6.07) is 21.7. The zero-order valence-electron chi connectivity index (χ0n) is 17.0. The number of benzene rings is 3. The highest BCUT2D eigenvalue weighted by atomic mass is 35.5. The third kappa shape index (κ3) is 5.19. The van der Waals surface area contributed by atoms with Gasteiger partial charge in [0.1, 0.15) is 12.7 Å². The van der Waals surface area contributed by atoms with Crippen molar-refractivity contribution >= 4 is 29.1 Å². The highest BCUT2D eigenvalue weighted by Crippen LogP contribution is 2.21. The highest BCUT2D eigenvalue weighted by Gasteiger charge is 2.13. The van der Waals surface area contributed by atoms with Crippen LogP contribution in [0.1, 0.15) is 26.3 Å². The largest absolute Gasteiger partial charge is 0.352 e. The van der Waals surface area contributed by atoms with Crippen LogP contribution in [-0.4, -0.2) is 33.1 Å². The summed E-state index contributed by atoms with van der Waals surface area (Å²) in [6.45, 7) is 0.544. The van der Waals surface area contributed by atoms with Crippen LogP contribution in [0.2, 0.25) is 5.02 Å². The molecule has 32 heavy (non-hydrogen) atoms. The first-order valence-corrected chi connectivity index (χ1v) is 10.4. The molecule has 0 aliphatic carbocycles. The van der Waals surface area contributed by atoms with Crippen molar-refractivity contribution in [3.05, 3.63) is 107 Å². The Morgan fingerprint density at radius 1 is 0.875 bits per heavy atom. The molecule has 1 heterocycles. The minimum Gasteiger partial charge on any atom is -0.352 e. The monoisotopic (exact) mass is 445 g/mol. The van der Waals surface area contributed by atoms with Gasteiger partial charge in [0.25, 0.3) is 11.8 Å². The standard InChI is InChI=1S/C24H20ClN5O2/c25-22-11-10-20(30-15-27-28-16-30)14-21(22)24(32)29-19-8-6-18(7-9-19)23(31)26-13-12-17-4-2-1-3-5-17/h1-11,14-16H,12-13H2,(H,26,31)(H,29,32). The highest BCUT2D eigenvalue weighted by molar-refractivity contribution is 6.34. The zero-order chi connectivity index (χ0) is 22.3. The minimum atomic E-state index is -0.356. The Morgan fingerprint density at radius 3 is 2.31 bits per heavy atom. The molecule has 160 valence electrons. The van der Waals surface area contributed by atoms with Crippen LogP contribution in [0.5, 0.6) is 0 Å². The van der Waals surface area contributed by atoms with Gasteiger partial charge in [-0.25, -0.2) is 0 Å². The third-order valence-electron chi connectivity index (χ3n) is 4.86. The van der Waals surface area contributed by atoms with Crippen LogP contribution in [0.3, 0.4) is 0 Å². The molecule has 2 amide bonds. The van der Waals surface area contributed by atoms with Gasteiger partial charge in [-0.05, 0) is 54.4 Å². The minimum absolute atomic E-state index is 0.163. The molecule has 7 nitrogen and oxygen atoms in total. The van der Waals surface area contributed by atoms with Crippen LogP contribution < -0.4 is 10.6 Å². The zero-order valence-corrected chi connectivity index (χ0v) is 17.8. The Kier molecular flexibility index (Phi) is 6.57. The van der Waals surface area contributed by atoms with Crippen molar-refractivity contribution < 1.29 is 9.59 Å². The van der Waals surface area contributed by atoms with E-state index in [2.05, 4.69) is 20.8 Å². The van der Waals surface area contributed by atoms with Gasteiger partial charge in [-0.2, -0.15) is 0 Å². The molecule has 0 saturated heterocycles. The first-order valence-electron chi connectivity index (χ1n) is 9.98. The molecule has 3 aromatic carbocycles. The van der Waals surface area contributed by atoms with Gasteiger partial charge >= 0.3 is 0 Å². The average Bonchev–Trinajstić information content (AvgIpc) is 3.35. The lowest BCUT2D eigenvalue weighted by molar-refractivity contribution is 0.0953. The van der Waals surface area contributed by atoms with E-state index in [0.29, 0.717) is 34.1 Å². The topological polar surface area (TPSA) is 88.9 Å².